The van der Waals surface area contributed by atoms with E-state index in [1.54, 1.807) is 11.8 Å². The van der Waals surface area contributed by atoms with Gasteiger partial charge in [0.25, 0.3) is 0 Å². The number of amides is 2. The van der Waals surface area contributed by atoms with Gasteiger partial charge in [-0.1, -0.05) is 20.3 Å². The third-order valence-electron chi connectivity index (χ3n) is 4.20. The lowest BCUT2D eigenvalue weighted by molar-refractivity contribution is -0.147. The van der Waals surface area contributed by atoms with E-state index in [2.05, 4.69) is 12.2 Å². The van der Waals surface area contributed by atoms with E-state index in [4.69, 9.17) is 5.11 Å². The SMILES string of the molecule is CCCC1CCN(C(=O)NCC(C)(CC)C(=O)O)C1. The lowest BCUT2D eigenvalue weighted by atomic mass is 9.88. The molecule has 0 spiro atoms. The molecule has 2 amide bonds. The molecule has 110 valence electrons. The Morgan fingerprint density at radius 3 is 2.63 bits per heavy atom. The van der Waals surface area contributed by atoms with Crippen molar-refractivity contribution in [1.82, 2.24) is 10.2 Å². The molecule has 0 aromatic rings. The highest BCUT2D eigenvalue weighted by atomic mass is 16.4. The van der Waals surface area contributed by atoms with Crippen molar-refractivity contribution in [1.29, 1.82) is 0 Å². The van der Waals surface area contributed by atoms with Crippen molar-refractivity contribution in [3.8, 4) is 0 Å². The number of nitrogens with one attached hydrogen (secondary N) is 1. The van der Waals surface area contributed by atoms with Gasteiger partial charge < -0.3 is 15.3 Å². The highest BCUT2D eigenvalue weighted by Gasteiger charge is 2.33. The first-order chi connectivity index (χ1) is 8.92. The minimum Gasteiger partial charge on any atom is -0.481 e. The molecular weight excluding hydrogens is 244 g/mol. The molecule has 1 aliphatic heterocycles. The van der Waals surface area contributed by atoms with Crippen LogP contribution in [0, 0.1) is 11.3 Å². The molecule has 0 saturated carbocycles. The van der Waals surface area contributed by atoms with Crippen LogP contribution < -0.4 is 5.32 Å². The zero-order valence-corrected chi connectivity index (χ0v) is 12.2. The standard InChI is InChI=1S/C14H26N2O3/c1-4-6-11-7-8-16(9-11)13(19)15-10-14(3,5-2)12(17)18/h11H,4-10H2,1-3H3,(H,15,19)(H,17,18). The van der Waals surface area contributed by atoms with Gasteiger partial charge in [-0.3, -0.25) is 4.79 Å². The second-order valence-corrected chi connectivity index (χ2v) is 5.77. The number of urea groups is 1. The number of carboxylic acid groups (broad SMARTS) is 1. The van der Waals surface area contributed by atoms with Gasteiger partial charge in [0.05, 0.1) is 5.41 Å². The fraction of sp³-hybridized carbons (Fsp3) is 0.857. The molecule has 1 rings (SSSR count). The van der Waals surface area contributed by atoms with E-state index in [1.807, 2.05) is 6.92 Å². The van der Waals surface area contributed by atoms with Gasteiger partial charge in [-0.25, -0.2) is 4.79 Å². The summed E-state index contributed by atoms with van der Waals surface area (Å²) in [5.41, 5.74) is -0.877. The van der Waals surface area contributed by atoms with Gasteiger partial charge in [-0.2, -0.15) is 0 Å². The van der Waals surface area contributed by atoms with Crippen LogP contribution in [0.3, 0.4) is 0 Å². The molecule has 0 radical (unpaired) electrons. The summed E-state index contributed by atoms with van der Waals surface area (Å²) in [6.07, 6.45) is 3.87. The number of nitrogens with zero attached hydrogens (tertiary/aromatic N) is 1. The number of rotatable bonds is 6. The minimum atomic E-state index is -0.877. The Hall–Kier alpha value is -1.26. The molecule has 0 aromatic heterocycles. The number of hydrogen-bond donors (Lipinski definition) is 2. The van der Waals surface area contributed by atoms with Gasteiger partial charge in [0.2, 0.25) is 0 Å². The van der Waals surface area contributed by atoms with Gasteiger partial charge in [-0.05, 0) is 32.1 Å². The van der Waals surface area contributed by atoms with Crippen molar-refractivity contribution in [2.45, 2.75) is 46.5 Å². The van der Waals surface area contributed by atoms with Crippen LogP contribution in [-0.4, -0.2) is 41.6 Å². The number of hydrogen-bond acceptors (Lipinski definition) is 2. The maximum atomic E-state index is 12.0. The van der Waals surface area contributed by atoms with Crippen molar-refractivity contribution in [3.05, 3.63) is 0 Å². The number of likely N-dealkylation sites (tertiary alicyclic amines) is 1. The summed E-state index contributed by atoms with van der Waals surface area (Å²) < 4.78 is 0. The van der Waals surface area contributed by atoms with Crippen molar-refractivity contribution >= 4 is 12.0 Å². The van der Waals surface area contributed by atoms with E-state index in [9.17, 15) is 9.59 Å². The van der Waals surface area contributed by atoms with Crippen LogP contribution in [0.5, 0.6) is 0 Å². The molecule has 2 unspecified atom stereocenters. The number of carbonyl (C=O) groups excluding carboxylic acids is 1. The molecule has 1 heterocycles. The maximum absolute atomic E-state index is 12.0. The Morgan fingerprint density at radius 2 is 2.11 bits per heavy atom. The van der Waals surface area contributed by atoms with E-state index in [1.165, 1.54) is 0 Å². The fourth-order valence-corrected chi connectivity index (χ4v) is 2.40. The molecule has 19 heavy (non-hydrogen) atoms. The zero-order chi connectivity index (χ0) is 14.5. The van der Waals surface area contributed by atoms with Crippen molar-refractivity contribution in [3.63, 3.8) is 0 Å². The van der Waals surface area contributed by atoms with E-state index < -0.39 is 11.4 Å². The molecule has 0 bridgehead atoms. The van der Waals surface area contributed by atoms with Gasteiger partial charge in [0, 0.05) is 19.6 Å². The minimum absolute atomic E-state index is 0.125. The summed E-state index contributed by atoms with van der Waals surface area (Å²) in [7, 11) is 0. The highest BCUT2D eigenvalue weighted by Crippen LogP contribution is 2.22. The average Bonchev–Trinajstić information content (AvgIpc) is 2.84. The van der Waals surface area contributed by atoms with E-state index in [-0.39, 0.29) is 12.6 Å². The smallest absolute Gasteiger partial charge is 0.317 e. The van der Waals surface area contributed by atoms with Gasteiger partial charge in [0.1, 0.15) is 0 Å². The Morgan fingerprint density at radius 1 is 1.42 bits per heavy atom. The Balaban J connectivity index is 2.42. The Labute approximate surface area is 115 Å². The lowest BCUT2D eigenvalue weighted by Gasteiger charge is -2.25. The molecule has 2 N–H and O–H groups in total. The number of aliphatic carboxylic acids is 1. The molecule has 2 atom stereocenters. The van der Waals surface area contributed by atoms with Crippen LogP contribution in [0.25, 0.3) is 0 Å². The molecule has 0 aromatic carbocycles. The third kappa shape index (κ3) is 4.11. The molecule has 0 aliphatic carbocycles. The summed E-state index contributed by atoms with van der Waals surface area (Å²) in [6.45, 7) is 7.42. The van der Waals surface area contributed by atoms with Crippen molar-refractivity contribution < 1.29 is 14.7 Å². The zero-order valence-electron chi connectivity index (χ0n) is 12.2. The first kappa shape index (κ1) is 15.8. The van der Waals surface area contributed by atoms with E-state index >= 15 is 0 Å². The van der Waals surface area contributed by atoms with Crippen LogP contribution in [0.4, 0.5) is 4.79 Å². The van der Waals surface area contributed by atoms with Crippen LogP contribution in [0.1, 0.15) is 46.5 Å². The lowest BCUT2D eigenvalue weighted by Crippen LogP contribution is -2.45. The van der Waals surface area contributed by atoms with E-state index in [0.29, 0.717) is 12.3 Å². The summed E-state index contributed by atoms with van der Waals surface area (Å²) in [6, 6.07) is -0.125. The predicted octanol–water partition coefficient (Wildman–Crippen LogP) is 2.32. The summed E-state index contributed by atoms with van der Waals surface area (Å²) in [4.78, 5) is 25.0. The second kappa shape index (κ2) is 6.78. The molecule has 5 heteroatoms. The summed E-state index contributed by atoms with van der Waals surface area (Å²) in [5.74, 6) is -0.256. The molecule has 1 saturated heterocycles. The van der Waals surface area contributed by atoms with Crippen LogP contribution in [0.2, 0.25) is 0 Å². The maximum Gasteiger partial charge on any atom is 0.317 e. The third-order valence-corrected chi connectivity index (χ3v) is 4.20. The van der Waals surface area contributed by atoms with Gasteiger partial charge in [0.15, 0.2) is 0 Å². The largest absolute Gasteiger partial charge is 0.481 e. The highest BCUT2D eigenvalue weighted by molar-refractivity contribution is 5.78. The first-order valence-corrected chi connectivity index (χ1v) is 7.19. The second-order valence-electron chi connectivity index (χ2n) is 5.77. The quantitative estimate of drug-likeness (QED) is 0.778. The number of carbonyl (C=O) groups is 2. The first-order valence-electron chi connectivity index (χ1n) is 7.19. The molecule has 5 nitrogen and oxygen atoms in total. The Bertz CT molecular complexity index is 333. The topological polar surface area (TPSA) is 69.6 Å². The summed E-state index contributed by atoms with van der Waals surface area (Å²) in [5, 5.41) is 11.9. The predicted molar refractivity (Wildman–Crippen MR) is 74.0 cm³/mol. The molecule has 1 aliphatic rings. The van der Waals surface area contributed by atoms with Crippen LogP contribution in [0.15, 0.2) is 0 Å². The summed E-state index contributed by atoms with van der Waals surface area (Å²) >= 11 is 0. The van der Waals surface area contributed by atoms with Crippen molar-refractivity contribution in [2.24, 2.45) is 11.3 Å². The normalized spacial score (nSPS) is 22.1. The fourth-order valence-electron chi connectivity index (χ4n) is 2.40. The van der Waals surface area contributed by atoms with E-state index in [0.717, 1.165) is 32.4 Å². The van der Waals surface area contributed by atoms with Gasteiger partial charge in [-0.15, -0.1) is 0 Å². The Kier molecular flexibility index (Phi) is 5.63. The molecule has 1 fully saturated rings. The van der Waals surface area contributed by atoms with Crippen molar-refractivity contribution in [2.75, 3.05) is 19.6 Å². The monoisotopic (exact) mass is 270 g/mol. The number of carboxylic acids is 1. The average molecular weight is 270 g/mol. The van der Waals surface area contributed by atoms with Gasteiger partial charge >= 0.3 is 12.0 Å². The molecular formula is C14H26N2O3. The van der Waals surface area contributed by atoms with Crippen LogP contribution in [-0.2, 0) is 4.79 Å². The van der Waals surface area contributed by atoms with Crippen LogP contribution >= 0.6 is 0 Å².